The van der Waals surface area contributed by atoms with Crippen molar-refractivity contribution in [2.75, 3.05) is 11.9 Å². The Morgan fingerprint density at radius 1 is 1.12 bits per heavy atom. The molecule has 0 aliphatic rings. The lowest BCUT2D eigenvalue weighted by molar-refractivity contribution is 0.102. The summed E-state index contributed by atoms with van der Waals surface area (Å²) < 4.78 is 27.0. The molecule has 134 valence electrons. The van der Waals surface area contributed by atoms with Crippen molar-refractivity contribution in [2.45, 2.75) is 31.6 Å². The third-order valence-corrected chi connectivity index (χ3v) is 5.40. The molecule has 2 N–H and O–H groups in total. The fraction of sp³-hybridized carbons (Fsp3) is 0.278. The van der Waals surface area contributed by atoms with E-state index in [1.165, 1.54) is 6.07 Å². The molecule has 0 radical (unpaired) electrons. The fourth-order valence-electron chi connectivity index (χ4n) is 2.21. The maximum Gasteiger partial charge on any atom is 0.255 e. The molecule has 5 nitrogen and oxygen atoms in total. The van der Waals surface area contributed by atoms with Crippen molar-refractivity contribution in [3.63, 3.8) is 0 Å². The summed E-state index contributed by atoms with van der Waals surface area (Å²) >= 11 is 5.81. The van der Waals surface area contributed by atoms with Gasteiger partial charge in [-0.25, -0.2) is 13.1 Å². The van der Waals surface area contributed by atoms with E-state index in [9.17, 15) is 13.2 Å². The summed E-state index contributed by atoms with van der Waals surface area (Å²) in [6.07, 6.45) is 1.70. The zero-order valence-electron chi connectivity index (χ0n) is 14.2. The molecule has 2 rings (SSSR count). The third kappa shape index (κ3) is 5.29. The van der Waals surface area contributed by atoms with Gasteiger partial charge in [0.2, 0.25) is 10.0 Å². The Bertz CT molecular complexity index is 849. The van der Waals surface area contributed by atoms with Crippen LogP contribution in [0, 0.1) is 6.92 Å². The first kappa shape index (κ1) is 19.4. The molecule has 7 heteroatoms. The van der Waals surface area contributed by atoms with E-state index in [4.69, 9.17) is 11.6 Å². The normalized spacial score (nSPS) is 11.3. The van der Waals surface area contributed by atoms with Gasteiger partial charge < -0.3 is 5.32 Å². The number of anilines is 1. The second-order valence-corrected chi connectivity index (χ2v) is 7.89. The Kier molecular flexibility index (Phi) is 6.58. The molecule has 0 atom stereocenters. The fourth-order valence-corrected chi connectivity index (χ4v) is 3.49. The highest BCUT2D eigenvalue weighted by molar-refractivity contribution is 7.89. The van der Waals surface area contributed by atoms with E-state index in [2.05, 4.69) is 10.0 Å². The van der Waals surface area contributed by atoms with E-state index in [0.717, 1.165) is 12.8 Å². The zero-order chi connectivity index (χ0) is 18.4. The SMILES string of the molecule is CCCCNS(=O)(=O)c1ccc(NC(=O)c2ccc(Cl)cc2)c(C)c1. The van der Waals surface area contributed by atoms with Gasteiger partial charge in [0.15, 0.2) is 0 Å². The number of nitrogens with one attached hydrogen (secondary N) is 2. The van der Waals surface area contributed by atoms with Crippen LogP contribution in [0.2, 0.25) is 5.02 Å². The zero-order valence-corrected chi connectivity index (χ0v) is 15.7. The Balaban J connectivity index is 2.13. The van der Waals surface area contributed by atoms with Crippen molar-refractivity contribution in [3.05, 3.63) is 58.6 Å². The first-order valence-corrected chi connectivity index (χ1v) is 9.87. The highest BCUT2D eigenvalue weighted by atomic mass is 35.5. The molecule has 0 aliphatic carbocycles. The number of benzene rings is 2. The average molecular weight is 381 g/mol. The Labute approximate surface area is 153 Å². The summed E-state index contributed by atoms with van der Waals surface area (Å²) in [5.41, 5.74) is 1.70. The number of amides is 1. The number of rotatable bonds is 7. The van der Waals surface area contributed by atoms with Gasteiger partial charge in [-0.2, -0.15) is 0 Å². The third-order valence-electron chi connectivity index (χ3n) is 3.69. The van der Waals surface area contributed by atoms with E-state index in [0.29, 0.717) is 28.4 Å². The average Bonchev–Trinajstić information content (AvgIpc) is 2.57. The molecule has 1 amide bonds. The minimum atomic E-state index is -3.53. The summed E-state index contributed by atoms with van der Waals surface area (Å²) in [7, 11) is -3.53. The summed E-state index contributed by atoms with van der Waals surface area (Å²) in [5, 5.41) is 3.33. The van der Waals surface area contributed by atoms with Crippen LogP contribution in [0.5, 0.6) is 0 Å². The van der Waals surface area contributed by atoms with E-state index >= 15 is 0 Å². The van der Waals surface area contributed by atoms with Crippen LogP contribution < -0.4 is 10.0 Å². The molecular formula is C18H21ClN2O3S. The predicted octanol–water partition coefficient (Wildman–Crippen LogP) is 3.98. The van der Waals surface area contributed by atoms with Gasteiger partial charge in [0.05, 0.1) is 4.90 Å². The minimum Gasteiger partial charge on any atom is -0.322 e. The van der Waals surface area contributed by atoms with Crippen LogP contribution in [0.3, 0.4) is 0 Å². The van der Waals surface area contributed by atoms with E-state index < -0.39 is 10.0 Å². The lowest BCUT2D eigenvalue weighted by atomic mass is 10.1. The topological polar surface area (TPSA) is 75.3 Å². The van der Waals surface area contributed by atoms with Crippen molar-refractivity contribution in [1.82, 2.24) is 4.72 Å². The second kappa shape index (κ2) is 8.47. The Morgan fingerprint density at radius 3 is 2.40 bits per heavy atom. The van der Waals surface area contributed by atoms with Crippen LogP contribution in [-0.4, -0.2) is 20.9 Å². The van der Waals surface area contributed by atoms with Crippen molar-refractivity contribution >= 4 is 33.2 Å². The van der Waals surface area contributed by atoms with Gasteiger partial charge in [0.25, 0.3) is 5.91 Å². The molecule has 0 bridgehead atoms. The lowest BCUT2D eigenvalue weighted by Gasteiger charge is -2.11. The number of carbonyl (C=O) groups is 1. The summed E-state index contributed by atoms with van der Waals surface area (Å²) in [6, 6.07) is 11.2. The number of aryl methyl sites for hydroxylation is 1. The first-order chi connectivity index (χ1) is 11.8. The maximum absolute atomic E-state index is 12.2. The molecule has 0 saturated carbocycles. The minimum absolute atomic E-state index is 0.186. The molecule has 0 heterocycles. The number of hydrogen-bond donors (Lipinski definition) is 2. The van der Waals surface area contributed by atoms with Crippen LogP contribution in [0.25, 0.3) is 0 Å². The van der Waals surface area contributed by atoms with Gasteiger partial charge in [0, 0.05) is 22.8 Å². The van der Waals surface area contributed by atoms with Gasteiger partial charge >= 0.3 is 0 Å². The van der Waals surface area contributed by atoms with Gasteiger partial charge in [0.1, 0.15) is 0 Å². The maximum atomic E-state index is 12.2. The van der Waals surface area contributed by atoms with Crippen molar-refractivity contribution in [3.8, 4) is 0 Å². The molecule has 0 spiro atoms. The van der Waals surface area contributed by atoms with Crippen molar-refractivity contribution in [2.24, 2.45) is 0 Å². The van der Waals surface area contributed by atoms with Crippen molar-refractivity contribution < 1.29 is 13.2 Å². The molecule has 0 aliphatic heterocycles. The molecule has 2 aromatic rings. The van der Waals surface area contributed by atoms with Gasteiger partial charge in [-0.1, -0.05) is 24.9 Å². The first-order valence-electron chi connectivity index (χ1n) is 8.00. The quantitative estimate of drug-likeness (QED) is 0.713. The number of carbonyl (C=O) groups excluding carboxylic acids is 1. The van der Waals surface area contributed by atoms with E-state index in [1.807, 2.05) is 6.92 Å². The lowest BCUT2D eigenvalue weighted by Crippen LogP contribution is -2.24. The van der Waals surface area contributed by atoms with E-state index in [-0.39, 0.29) is 10.8 Å². The largest absolute Gasteiger partial charge is 0.322 e. The molecular weight excluding hydrogens is 360 g/mol. The van der Waals surface area contributed by atoms with Gasteiger partial charge in [-0.05, 0) is 61.4 Å². The van der Waals surface area contributed by atoms with E-state index in [1.54, 1.807) is 43.3 Å². The van der Waals surface area contributed by atoms with Gasteiger partial charge in [-0.15, -0.1) is 0 Å². The van der Waals surface area contributed by atoms with Crippen LogP contribution >= 0.6 is 11.6 Å². The number of hydrogen-bond acceptors (Lipinski definition) is 3. The summed E-state index contributed by atoms with van der Waals surface area (Å²) in [6.45, 7) is 4.16. The van der Waals surface area contributed by atoms with Crippen LogP contribution in [-0.2, 0) is 10.0 Å². The smallest absolute Gasteiger partial charge is 0.255 e. The van der Waals surface area contributed by atoms with Crippen molar-refractivity contribution in [1.29, 1.82) is 0 Å². The monoisotopic (exact) mass is 380 g/mol. The standard InChI is InChI=1S/C18H21ClN2O3S/c1-3-4-11-20-25(23,24)16-9-10-17(13(2)12-16)21-18(22)14-5-7-15(19)8-6-14/h5-10,12,20H,3-4,11H2,1-2H3,(H,21,22). The molecule has 0 unspecified atom stereocenters. The Hall–Kier alpha value is -1.89. The van der Waals surface area contributed by atoms with Crippen LogP contribution in [0.1, 0.15) is 35.7 Å². The molecule has 0 aromatic heterocycles. The van der Waals surface area contributed by atoms with Gasteiger partial charge in [-0.3, -0.25) is 4.79 Å². The number of halogens is 1. The molecule has 25 heavy (non-hydrogen) atoms. The summed E-state index contributed by atoms with van der Waals surface area (Å²) in [5.74, 6) is -0.281. The predicted molar refractivity (Wildman–Crippen MR) is 101 cm³/mol. The molecule has 2 aromatic carbocycles. The number of unbranched alkanes of at least 4 members (excludes halogenated alkanes) is 1. The second-order valence-electron chi connectivity index (χ2n) is 5.69. The highest BCUT2D eigenvalue weighted by Gasteiger charge is 2.15. The Morgan fingerprint density at radius 2 is 1.80 bits per heavy atom. The molecule has 0 saturated heterocycles. The highest BCUT2D eigenvalue weighted by Crippen LogP contribution is 2.21. The summed E-state index contributed by atoms with van der Waals surface area (Å²) in [4.78, 5) is 12.4. The van der Waals surface area contributed by atoms with Crippen LogP contribution in [0.15, 0.2) is 47.4 Å². The van der Waals surface area contributed by atoms with Crippen LogP contribution in [0.4, 0.5) is 5.69 Å². The number of sulfonamides is 1. The molecule has 0 fully saturated rings.